The molecule has 5 nitrogen and oxygen atoms in total. The van der Waals surface area contributed by atoms with E-state index in [0.717, 1.165) is 35.0 Å². The number of hydrogen-bond acceptors (Lipinski definition) is 3. The fourth-order valence-corrected chi connectivity index (χ4v) is 5.03. The Balaban J connectivity index is 2.20. The number of benzene rings is 1. The third-order valence-electron chi connectivity index (χ3n) is 6.91. The Kier molecular flexibility index (Phi) is 7.19. The number of anilines is 1. The lowest BCUT2D eigenvalue weighted by molar-refractivity contribution is -0.124. The molecule has 1 aromatic heterocycles. The van der Waals surface area contributed by atoms with Crippen LogP contribution in [0.25, 0.3) is 10.9 Å². The first-order chi connectivity index (χ1) is 15.1. The van der Waals surface area contributed by atoms with Gasteiger partial charge in [0, 0.05) is 29.7 Å². The second-order valence-corrected chi connectivity index (χ2v) is 10.0. The molecule has 0 bridgehead atoms. The Morgan fingerprint density at radius 2 is 2.09 bits per heavy atom. The maximum absolute atomic E-state index is 13.1. The summed E-state index contributed by atoms with van der Waals surface area (Å²) in [6.07, 6.45) is 8.91. The van der Waals surface area contributed by atoms with E-state index >= 15 is 0 Å². The third kappa shape index (κ3) is 4.49. The molecule has 1 amide bonds. The van der Waals surface area contributed by atoms with Crippen LogP contribution in [0.15, 0.2) is 42.6 Å². The van der Waals surface area contributed by atoms with Gasteiger partial charge in [0.2, 0.25) is 5.91 Å². The summed E-state index contributed by atoms with van der Waals surface area (Å²) < 4.78 is 0. The number of allylic oxidation sites excluding steroid dienone is 3. The van der Waals surface area contributed by atoms with Gasteiger partial charge in [0.15, 0.2) is 0 Å². The second-order valence-electron chi connectivity index (χ2n) is 10.0. The Bertz CT molecular complexity index is 1020. The number of aromatic amines is 1. The number of carbonyl (C=O) groups is 1. The molecule has 1 unspecified atom stereocenters. The zero-order valence-electron chi connectivity index (χ0n) is 20.5. The summed E-state index contributed by atoms with van der Waals surface area (Å²) in [7, 11) is 2.00. The van der Waals surface area contributed by atoms with Gasteiger partial charge in [-0.1, -0.05) is 44.6 Å². The van der Waals surface area contributed by atoms with Gasteiger partial charge in [-0.3, -0.25) is 4.79 Å². The standard InChI is InChI=1S/C27H39N3O2/c1-8-27(6,13-9-10-17(2)3)21-11-12-22-23-19(15-28-24(21)23)14-20(16-31)29-26(32)25(18(4)5)30(22)7/h8,10-12,15,18,20,25,28,31H,1,9,13-14,16H2,2-7H3,(H,29,32)/t20-,25-,27?/m0/s1. The molecule has 1 aliphatic heterocycles. The number of nitrogens with zero attached hydrogens (tertiary/aromatic N) is 1. The van der Waals surface area contributed by atoms with Gasteiger partial charge in [-0.15, -0.1) is 6.58 Å². The Morgan fingerprint density at radius 1 is 1.38 bits per heavy atom. The number of aromatic nitrogens is 1. The largest absolute Gasteiger partial charge is 0.394 e. The minimum absolute atomic E-state index is 0.0365. The molecule has 2 heterocycles. The number of hydrogen-bond donors (Lipinski definition) is 3. The molecule has 0 saturated carbocycles. The first-order valence-electron chi connectivity index (χ1n) is 11.7. The van der Waals surface area contributed by atoms with E-state index in [1.165, 1.54) is 11.1 Å². The van der Waals surface area contributed by atoms with Crippen LogP contribution in [0.4, 0.5) is 5.69 Å². The molecule has 0 spiro atoms. The molecule has 2 aromatic rings. The van der Waals surface area contributed by atoms with Crippen molar-refractivity contribution in [2.45, 2.75) is 71.4 Å². The fraction of sp³-hybridized carbons (Fsp3) is 0.519. The highest BCUT2D eigenvalue weighted by Crippen LogP contribution is 2.41. The highest BCUT2D eigenvalue weighted by Gasteiger charge is 2.34. The van der Waals surface area contributed by atoms with Crippen molar-refractivity contribution in [2.75, 3.05) is 18.6 Å². The summed E-state index contributed by atoms with van der Waals surface area (Å²) in [5.41, 5.74) is 5.61. The molecule has 1 aromatic carbocycles. The molecule has 0 radical (unpaired) electrons. The van der Waals surface area contributed by atoms with Crippen LogP contribution in [0.2, 0.25) is 0 Å². The van der Waals surface area contributed by atoms with Crippen LogP contribution in [-0.2, 0) is 16.6 Å². The van der Waals surface area contributed by atoms with Crippen LogP contribution in [0.1, 0.15) is 58.6 Å². The van der Waals surface area contributed by atoms with E-state index in [0.29, 0.717) is 6.42 Å². The lowest BCUT2D eigenvalue weighted by Crippen LogP contribution is -2.52. The first-order valence-corrected chi connectivity index (χ1v) is 11.7. The van der Waals surface area contributed by atoms with Crippen molar-refractivity contribution in [3.05, 3.63) is 53.8 Å². The molecule has 3 atom stereocenters. The van der Waals surface area contributed by atoms with E-state index in [1.807, 2.05) is 13.2 Å². The summed E-state index contributed by atoms with van der Waals surface area (Å²) in [6, 6.07) is 3.71. The number of carbonyl (C=O) groups excluding carboxylic acids is 1. The Hall–Kier alpha value is -2.53. The number of likely N-dealkylation sites (N-methyl/N-ethyl adjacent to an activating group) is 1. The van der Waals surface area contributed by atoms with Crippen LogP contribution in [0.3, 0.4) is 0 Å². The Labute approximate surface area is 192 Å². The van der Waals surface area contributed by atoms with E-state index in [9.17, 15) is 9.90 Å². The average molecular weight is 438 g/mol. The third-order valence-corrected chi connectivity index (χ3v) is 6.91. The van der Waals surface area contributed by atoms with Crippen molar-refractivity contribution in [2.24, 2.45) is 5.92 Å². The molecule has 1 aliphatic rings. The molecule has 174 valence electrons. The van der Waals surface area contributed by atoms with Crippen molar-refractivity contribution in [3.8, 4) is 0 Å². The van der Waals surface area contributed by atoms with Gasteiger partial charge in [0.25, 0.3) is 0 Å². The predicted molar refractivity (Wildman–Crippen MR) is 134 cm³/mol. The topological polar surface area (TPSA) is 68.4 Å². The summed E-state index contributed by atoms with van der Waals surface area (Å²) in [6.45, 7) is 14.7. The van der Waals surface area contributed by atoms with Crippen molar-refractivity contribution in [1.29, 1.82) is 0 Å². The maximum Gasteiger partial charge on any atom is 0.243 e. The summed E-state index contributed by atoms with van der Waals surface area (Å²) in [4.78, 5) is 18.7. The second kappa shape index (κ2) is 9.53. The van der Waals surface area contributed by atoms with E-state index in [2.05, 4.69) is 80.7 Å². The molecule has 0 aliphatic carbocycles. The molecule has 0 saturated heterocycles. The van der Waals surface area contributed by atoms with Crippen LogP contribution in [0.5, 0.6) is 0 Å². The smallest absolute Gasteiger partial charge is 0.243 e. The van der Waals surface area contributed by atoms with Crippen molar-refractivity contribution < 1.29 is 9.90 Å². The number of rotatable bonds is 7. The Morgan fingerprint density at radius 3 is 2.69 bits per heavy atom. The predicted octanol–water partition coefficient (Wildman–Crippen LogP) is 4.85. The molecule has 3 rings (SSSR count). The van der Waals surface area contributed by atoms with E-state index in [-0.39, 0.29) is 35.9 Å². The van der Waals surface area contributed by atoms with Crippen LogP contribution in [0, 0.1) is 5.92 Å². The van der Waals surface area contributed by atoms with Crippen molar-refractivity contribution in [3.63, 3.8) is 0 Å². The zero-order valence-corrected chi connectivity index (χ0v) is 20.5. The minimum atomic E-state index is -0.317. The summed E-state index contributed by atoms with van der Waals surface area (Å²) in [5.74, 6) is 0.0858. The van der Waals surface area contributed by atoms with E-state index in [4.69, 9.17) is 0 Å². The average Bonchev–Trinajstić information content (AvgIpc) is 3.16. The van der Waals surface area contributed by atoms with Crippen molar-refractivity contribution >= 4 is 22.5 Å². The lowest BCUT2D eigenvalue weighted by Gasteiger charge is -2.33. The van der Waals surface area contributed by atoms with Crippen LogP contribution in [-0.4, -0.2) is 41.7 Å². The van der Waals surface area contributed by atoms with Crippen LogP contribution < -0.4 is 10.2 Å². The van der Waals surface area contributed by atoms with Crippen molar-refractivity contribution in [1.82, 2.24) is 10.3 Å². The van der Waals surface area contributed by atoms with E-state index < -0.39 is 0 Å². The monoisotopic (exact) mass is 437 g/mol. The maximum atomic E-state index is 13.1. The number of amides is 1. The first kappa shape index (κ1) is 24.1. The molecule has 5 heteroatoms. The number of aliphatic hydroxyl groups is 1. The molecule has 0 fully saturated rings. The molecular formula is C27H39N3O2. The van der Waals surface area contributed by atoms with Gasteiger partial charge in [0.05, 0.1) is 18.2 Å². The summed E-state index contributed by atoms with van der Waals surface area (Å²) >= 11 is 0. The van der Waals surface area contributed by atoms with Gasteiger partial charge in [-0.25, -0.2) is 0 Å². The highest BCUT2D eigenvalue weighted by atomic mass is 16.3. The van der Waals surface area contributed by atoms with Gasteiger partial charge in [-0.05, 0) is 56.2 Å². The lowest BCUT2D eigenvalue weighted by atomic mass is 9.77. The van der Waals surface area contributed by atoms with Gasteiger partial charge in [-0.2, -0.15) is 0 Å². The fourth-order valence-electron chi connectivity index (χ4n) is 5.03. The molecule has 3 N–H and O–H groups in total. The normalized spacial score (nSPS) is 20.9. The number of H-pyrrole nitrogens is 1. The highest BCUT2D eigenvalue weighted by molar-refractivity contribution is 6.00. The van der Waals surface area contributed by atoms with Crippen LogP contribution >= 0.6 is 0 Å². The summed E-state index contributed by atoms with van der Waals surface area (Å²) in [5, 5.41) is 14.2. The van der Waals surface area contributed by atoms with Gasteiger partial charge >= 0.3 is 0 Å². The van der Waals surface area contributed by atoms with E-state index in [1.54, 1.807) is 0 Å². The molecular weight excluding hydrogens is 398 g/mol. The minimum Gasteiger partial charge on any atom is -0.394 e. The van der Waals surface area contributed by atoms with Gasteiger partial charge < -0.3 is 20.3 Å². The number of nitrogens with one attached hydrogen (secondary N) is 2. The number of aliphatic hydroxyl groups excluding tert-OH is 1. The molecule has 32 heavy (non-hydrogen) atoms. The SMILES string of the molecule is C=CC(C)(CCC=C(C)C)c1ccc2c3c(c[nH]c13)C[C@@H](CO)NC(=O)[C@H](C(C)C)N2C. The zero-order chi connectivity index (χ0) is 23.6. The quantitative estimate of drug-likeness (QED) is 0.542. The van der Waals surface area contributed by atoms with Gasteiger partial charge in [0.1, 0.15) is 6.04 Å².